The summed E-state index contributed by atoms with van der Waals surface area (Å²) in [6.45, 7) is 7.20. The Morgan fingerprint density at radius 2 is 1.76 bits per heavy atom. The standard InChI is InChI=1S/C9H9N5O3/c1-10-9-5(11-7(16)13(9)3)6(15)12(2)8(17)14(9)4/h2-4H3. The molecule has 1 unspecified atom stereocenters. The van der Waals surface area contributed by atoms with Crippen molar-refractivity contribution in [3.05, 3.63) is 11.4 Å². The van der Waals surface area contributed by atoms with Crippen LogP contribution in [0.2, 0.25) is 0 Å². The van der Waals surface area contributed by atoms with E-state index in [4.69, 9.17) is 6.57 Å². The summed E-state index contributed by atoms with van der Waals surface area (Å²) in [5.41, 5.74) is -0.232. The van der Waals surface area contributed by atoms with Crippen LogP contribution in [0.25, 0.3) is 4.85 Å². The zero-order valence-electron chi connectivity index (χ0n) is 9.46. The van der Waals surface area contributed by atoms with E-state index in [2.05, 4.69) is 9.84 Å². The van der Waals surface area contributed by atoms with Crippen molar-refractivity contribution in [3.63, 3.8) is 0 Å². The van der Waals surface area contributed by atoms with Crippen molar-refractivity contribution >= 4 is 23.7 Å². The summed E-state index contributed by atoms with van der Waals surface area (Å²) in [4.78, 5) is 44.8. The van der Waals surface area contributed by atoms with Crippen LogP contribution in [0.5, 0.6) is 0 Å². The van der Waals surface area contributed by atoms with Crippen LogP contribution in [-0.4, -0.2) is 65.3 Å². The Kier molecular flexibility index (Phi) is 1.98. The SMILES string of the molecule is [C-]#[N+]C12C(=NC(=O)N1C)C(=O)N(C)C(=O)N2C. The Morgan fingerprint density at radius 1 is 1.18 bits per heavy atom. The molecule has 88 valence electrons. The van der Waals surface area contributed by atoms with Gasteiger partial charge in [0.1, 0.15) is 0 Å². The van der Waals surface area contributed by atoms with Gasteiger partial charge in [-0.1, -0.05) is 0 Å². The number of hydrogen-bond donors (Lipinski definition) is 0. The van der Waals surface area contributed by atoms with E-state index in [1.54, 1.807) is 0 Å². The second kappa shape index (κ2) is 3.04. The van der Waals surface area contributed by atoms with E-state index in [1.807, 2.05) is 0 Å². The molecule has 0 bridgehead atoms. The first kappa shape index (κ1) is 11.1. The Hall–Kier alpha value is -2.43. The quantitative estimate of drug-likeness (QED) is 0.535. The van der Waals surface area contributed by atoms with Gasteiger partial charge in [-0.25, -0.2) is 26.0 Å². The first-order chi connectivity index (χ1) is 7.87. The molecule has 1 fully saturated rings. The van der Waals surface area contributed by atoms with Gasteiger partial charge in [0.15, 0.2) is 0 Å². The number of fused-ring (bicyclic) bond motifs is 1. The molecule has 5 amide bonds. The number of rotatable bonds is 0. The predicted octanol–water partition coefficient (Wildman–Crippen LogP) is -0.410. The molecule has 8 heteroatoms. The molecule has 0 spiro atoms. The highest BCUT2D eigenvalue weighted by atomic mass is 16.2. The molecule has 0 aromatic rings. The van der Waals surface area contributed by atoms with Crippen molar-refractivity contribution in [2.24, 2.45) is 4.99 Å². The lowest BCUT2D eigenvalue weighted by Gasteiger charge is -2.38. The van der Waals surface area contributed by atoms with Gasteiger partial charge in [0.05, 0.1) is 0 Å². The number of nitrogens with zero attached hydrogens (tertiary/aromatic N) is 5. The molecule has 0 aromatic carbocycles. The van der Waals surface area contributed by atoms with Crippen molar-refractivity contribution < 1.29 is 14.4 Å². The summed E-state index contributed by atoms with van der Waals surface area (Å²) in [5, 5.41) is 0. The highest BCUT2D eigenvalue weighted by Crippen LogP contribution is 2.33. The average Bonchev–Trinajstić information content (AvgIpc) is 2.58. The van der Waals surface area contributed by atoms with Crippen molar-refractivity contribution in [2.45, 2.75) is 5.79 Å². The lowest BCUT2D eigenvalue weighted by Crippen LogP contribution is -2.69. The van der Waals surface area contributed by atoms with Gasteiger partial charge in [0, 0.05) is 21.1 Å². The molecule has 2 heterocycles. The Balaban J connectivity index is 2.69. The van der Waals surface area contributed by atoms with Gasteiger partial charge in [-0.2, -0.15) is 4.99 Å². The third kappa shape index (κ3) is 1.00. The van der Waals surface area contributed by atoms with Crippen molar-refractivity contribution in [1.29, 1.82) is 0 Å². The largest absolute Gasteiger partial charge is 0.447 e. The maximum Gasteiger partial charge on any atom is 0.447 e. The molecule has 0 aromatic heterocycles. The molecule has 2 aliphatic heterocycles. The van der Waals surface area contributed by atoms with Crippen LogP contribution in [0.1, 0.15) is 0 Å². The number of carbonyl (C=O) groups excluding carboxylic acids is 3. The summed E-state index contributed by atoms with van der Waals surface area (Å²) >= 11 is 0. The monoisotopic (exact) mass is 235 g/mol. The first-order valence-corrected chi connectivity index (χ1v) is 4.69. The molecule has 0 saturated carbocycles. The number of carbonyl (C=O) groups is 3. The molecule has 0 radical (unpaired) electrons. The second-order valence-electron chi connectivity index (χ2n) is 3.75. The first-order valence-electron chi connectivity index (χ1n) is 4.69. The van der Waals surface area contributed by atoms with Gasteiger partial charge in [-0.05, 0) is 0 Å². The molecular formula is C9H9N5O3. The Morgan fingerprint density at radius 3 is 2.29 bits per heavy atom. The molecule has 0 N–H and O–H groups in total. The maximum absolute atomic E-state index is 11.8. The zero-order valence-corrected chi connectivity index (χ0v) is 9.46. The molecule has 2 aliphatic rings. The topological polar surface area (TPSA) is 77.6 Å². The Labute approximate surface area is 96.9 Å². The average molecular weight is 235 g/mol. The number of hydrogen-bond acceptors (Lipinski definition) is 3. The number of imide groups is 1. The summed E-state index contributed by atoms with van der Waals surface area (Å²) < 4.78 is 0. The normalized spacial score (nSPS) is 28.2. The van der Waals surface area contributed by atoms with Crippen LogP contribution in [-0.2, 0) is 4.79 Å². The van der Waals surface area contributed by atoms with Crippen molar-refractivity contribution in [2.75, 3.05) is 21.1 Å². The van der Waals surface area contributed by atoms with Crippen LogP contribution in [0.4, 0.5) is 9.59 Å². The molecule has 0 aliphatic carbocycles. The second-order valence-corrected chi connectivity index (χ2v) is 3.75. The van der Waals surface area contributed by atoms with Crippen LogP contribution >= 0.6 is 0 Å². The molecule has 1 atom stereocenters. The van der Waals surface area contributed by atoms with Crippen LogP contribution in [0.3, 0.4) is 0 Å². The van der Waals surface area contributed by atoms with Crippen LogP contribution < -0.4 is 0 Å². The van der Waals surface area contributed by atoms with Gasteiger partial charge >= 0.3 is 17.8 Å². The van der Waals surface area contributed by atoms with E-state index in [0.29, 0.717) is 0 Å². The maximum atomic E-state index is 11.8. The summed E-state index contributed by atoms with van der Waals surface area (Å²) in [6, 6.07) is -1.36. The molecule has 17 heavy (non-hydrogen) atoms. The minimum Gasteiger partial charge on any atom is -0.267 e. The molecule has 8 nitrogen and oxygen atoms in total. The van der Waals surface area contributed by atoms with E-state index >= 15 is 0 Å². The van der Waals surface area contributed by atoms with E-state index in [0.717, 1.165) is 14.7 Å². The van der Waals surface area contributed by atoms with Crippen molar-refractivity contribution in [3.8, 4) is 0 Å². The van der Waals surface area contributed by atoms with E-state index in [-0.39, 0.29) is 5.71 Å². The zero-order chi connectivity index (χ0) is 13.0. The van der Waals surface area contributed by atoms with E-state index in [9.17, 15) is 14.4 Å². The van der Waals surface area contributed by atoms with Gasteiger partial charge in [-0.15, -0.1) is 0 Å². The fourth-order valence-electron chi connectivity index (χ4n) is 1.92. The highest BCUT2D eigenvalue weighted by molar-refractivity contribution is 6.49. The van der Waals surface area contributed by atoms with Gasteiger partial charge in [-0.3, -0.25) is 14.5 Å². The fraction of sp³-hybridized carbons (Fsp3) is 0.444. The molecule has 1 saturated heterocycles. The number of urea groups is 2. The lowest BCUT2D eigenvalue weighted by atomic mass is 10.1. The highest BCUT2D eigenvalue weighted by Gasteiger charge is 2.66. The minimum atomic E-state index is -1.74. The van der Waals surface area contributed by atoms with Gasteiger partial charge < -0.3 is 0 Å². The van der Waals surface area contributed by atoms with E-state index < -0.39 is 23.8 Å². The lowest BCUT2D eigenvalue weighted by molar-refractivity contribution is -0.123. The minimum absolute atomic E-state index is 0.232. The smallest absolute Gasteiger partial charge is 0.267 e. The number of aliphatic imine (C=N–C) groups is 1. The van der Waals surface area contributed by atoms with Crippen LogP contribution in [0, 0.1) is 6.57 Å². The fourth-order valence-corrected chi connectivity index (χ4v) is 1.92. The summed E-state index contributed by atoms with van der Waals surface area (Å²) in [5.74, 6) is -2.46. The number of amides is 5. The molecular weight excluding hydrogens is 226 g/mol. The Bertz CT molecular complexity index is 519. The third-order valence-electron chi connectivity index (χ3n) is 2.98. The van der Waals surface area contributed by atoms with Gasteiger partial charge in [0.25, 0.3) is 5.91 Å². The predicted molar refractivity (Wildman–Crippen MR) is 55.9 cm³/mol. The van der Waals surface area contributed by atoms with Crippen LogP contribution in [0.15, 0.2) is 4.99 Å². The van der Waals surface area contributed by atoms with E-state index in [1.165, 1.54) is 21.1 Å². The summed E-state index contributed by atoms with van der Waals surface area (Å²) in [6.07, 6.45) is 0. The van der Waals surface area contributed by atoms with Crippen molar-refractivity contribution in [1.82, 2.24) is 14.7 Å². The van der Waals surface area contributed by atoms with Gasteiger partial charge in [0.2, 0.25) is 5.71 Å². The molecule has 2 rings (SSSR count). The third-order valence-corrected chi connectivity index (χ3v) is 2.98. The summed E-state index contributed by atoms with van der Waals surface area (Å²) in [7, 11) is 3.97.